The predicted octanol–water partition coefficient (Wildman–Crippen LogP) is 1.22. The molecule has 1 aliphatic heterocycles. The van der Waals surface area contributed by atoms with E-state index < -0.39 is 0 Å². The van der Waals surface area contributed by atoms with E-state index in [-0.39, 0.29) is 6.10 Å². The topological polar surface area (TPSA) is 46.6 Å². The van der Waals surface area contributed by atoms with Crippen molar-refractivity contribution in [1.29, 1.82) is 0 Å². The van der Waals surface area contributed by atoms with Crippen molar-refractivity contribution in [3.05, 3.63) is 18.3 Å². The summed E-state index contributed by atoms with van der Waals surface area (Å²) < 4.78 is 10.8. The summed E-state index contributed by atoms with van der Waals surface area (Å²) in [4.78, 5) is 6.48. The molecule has 1 fully saturated rings. The number of pyridine rings is 1. The van der Waals surface area contributed by atoms with Crippen molar-refractivity contribution in [2.24, 2.45) is 0 Å². The first-order valence-corrected chi connectivity index (χ1v) is 6.39. The molecule has 0 aliphatic carbocycles. The van der Waals surface area contributed by atoms with Gasteiger partial charge in [0.2, 0.25) is 5.88 Å². The highest BCUT2D eigenvalue weighted by Gasteiger charge is 2.18. The maximum absolute atomic E-state index is 5.74. The van der Waals surface area contributed by atoms with Gasteiger partial charge in [0.15, 0.2) is 0 Å². The van der Waals surface area contributed by atoms with Crippen LogP contribution in [0.4, 0.5) is 5.69 Å². The van der Waals surface area contributed by atoms with E-state index in [1.54, 1.807) is 13.3 Å². The molecule has 100 valence electrons. The lowest BCUT2D eigenvalue weighted by Crippen LogP contribution is -2.45. The molecule has 1 aliphatic rings. The molecule has 5 heteroatoms. The number of nitrogens with one attached hydrogen (secondary N) is 1. The molecule has 0 saturated carbocycles. The minimum absolute atomic E-state index is 0.248. The Balaban J connectivity index is 1.83. The summed E-state index contributed by atoms with van der Waals surface area (Å²) in [5.41, 5.74) is 1.01. The monoisotopic (exact) mass is 251 g/mol. The molecule has 0 radical (unpaired) electrons. The molecule has 18 heavy (non-hydrogen) atoms. The van der Waals surface area contributed by atoms with E-state index in [2.05, 4.69) is 22.1 Å². The third-order valence-corrected chi connectivity index (χ3v) is 3.15. The standard InChI is InChI=1S/C13H21N3O2/c1-3-16-6-7-18-12(10-16)9-15-11-4-5-14-13(8-11)17-2/h4-5,8,12H,3,6-7,9-10H2,1-2H3,(H,14,15). The molecule has 1 aromatic rings. The average Bonchev–Trinajstić information content (AvgIpc) is 2.45. The molecule has 0 bridgehead atoms. The summed E-state index contributed by atoms with van der Waals surface area (Å²) in [6.45, 7) is 6.93. The van der Waals surface area contributed by atoms with Gasteiger partial charge in [0, 0.05) is 37.6 Å². The van der Waals surface area contributed by atoms with Gasteiger partial charge in [-0.1, -0.05) is 6.92 Å². The maximum atomic E-state index is 5.74. The second-order valence-electron chi connectivity index (χ2n) is 4.35. The van der Waals surface area contributed by atoms with Crippen LogP contribution in [-0.2, 0) is 4.74 Å². The molecular formula is C13H21N3O2. The van der Waals surface area contributed by atoms with Crippen LogP contribution < -0.4 is 10.1 Å². The Labute approximate surface area is 108 Å². The largest absolute Gasteiger partial charge is 0.481 e. The number of rotatable bonds is 5. The number of ether oxygens (including phenoxy) is 2. The number of nitrogens with zero attached hydrogens (tertiary/aromatic N) is 2. The molecule has 0 spiro atoms. The van der Waals surface area contributed by atoms with E-state index >= 15 is 0 Å². The quantitative estimate of drug-likeness (QED) is 0.852. The first-order valence-electron chi connectivity index (χ1n) is 6.39. The summed E-state index contributed by atoms with van der Waals surface area (Å²) in [7, 11) is 1.62. The zero-order valence-electron chi connectivity index (χ0n) is 11.1. The second kappa shape index (κ2) is 6.56. The van der Waals surface area contributed by atoms with Crippen LogP contribution in [-0.4, -0.2) is 55.9 Å². The zero-order valence-corrected chi connectivity index (χ0v) is 11.1. The predicted molar refractivity (Wildman–Crippen MR) is 71.1 cm³/mol. The number of morpholine rings is 1. The van der Waals surface area contributed by atoms with Crippen LogP contribution in [0.1, 0.15) is 6.92 Å². The fraction of sp³-hybridized carbons (Fsp3) is 0.615. The highest BCUT2D eigenvalue weighted by molar-refractivity contribution is 5.45. The minimum Gasteiger partial charge on any atom is -0.481 e. The Hall–Kier alpha value is -1.33. The number of likely N-dealkylation sites (N-methyl/N-ethyl adjacent to an activating group) is 1. The second-order valence-corrected chi connectivity index (χ2v) is 4.35. The van der Waals surface area contributed by atoms with Crippen molar-refractivity contribution >= 4 is 5.69 Å². The van der Waals surface area contributed by atoms with Gasteiger partial charge in [-0.25, -0.2) is 4.98 Å². The van der Waals surface area contributed by atoms with Gasteiger partial charge in [0.25, 0.3) is 0 Å². The third-order valence-electron chi connectivity index (χ3n) is 3.15. The number of hydrogen-bond donors (Lipinski definition) is 1. The summed E-state index contributed by atoms with van der Waals surface area (Å²) in [5.74, 6) is 0.625. The maximum Gasteiger partial charge on any atom is 0.214 e. The molecule has 1 N–H and O–H groups in total. The van der Waals surface area contributed by atoms with Crippen LogP contribution in [0.3, 0.4) is 0 Å². The van der Waals surface area contributed by atoms with Crippen molar-refractivity contribution in [2.75, 3.05) is 45.2 Å². The Morgan fingerprint density at radius 2 is 2.50 bits per heavy atom. The van der Waals surface area contributed by atoms with Gasteiger partial charge in [0.05, 0.1) is 19.8 Å². The normalized spacial score (nSPS) is 20.7. The van der Waals surface area contributed by atoms with Crippen LogP contribution in [0, 0.1) is 0 Å². The molecule has 5 nitrogen and oxygen atoms in total. The van der Waals surface area contributed by atoms with E-state index in [0.717, 1.165) is 38.5 Å². The van der Waals surface area contributed by atoms with E-state index in [1.807, 2.05) is 12.1 Å². The average molecular weight is 251 g/mol. The van der Waals surface area contributed by atoms with Gasteiger partial charge >= 0.3 is 0 Å². The van der Waals surface area contributed by atoms with Gasteiger partial charge in [0.1, 0.15) is 0 Å². The number of aromatic nitrogens is 1. The fourth-order valence-electron chi connectivity index (χ4n) is 2.05. The van der Waals surface area contributed by atoms with Crippen LogP contribution in [0.2, 0.25) is 0 Å². The minimum atomic E-state index is 0.248. The molecule has 1 saturated heterocycles. The van der Waals surface area contributed by atoms with Gasteiger partial charge in [-0.2, -0.15) is 0 Å². The molecule has 0 amide bonds. The van der Waals surface area contributed by atoms with E-state index in [9.17, 15) is 0 Å². The lowest BCUT2D eigenvalue weighted by Gasteiger charge is -2.32. The molecule has 1 atom stereocenters. The van der Waals surface area contributed by atoms with Crippen molar-refractivity contribution in [3.8, 4) is 5.88 Å². The molecule has 2 heterocycles. The van der Waals surface area contributed by atoms with Crippen LogP contribution in [0.15, 0.2) is 18.3 Å². The molecule has 1 unspecified atom stereocenters. The van der Waals surface area contributed by atoms with Crippen molar-refractivity contribution in [2.45, 2.75) is 13.0 Å². The van der Waals surface area contributed by atoms with Crippen molar-refractivity contribution in [3.63, 3.8) is 0 Å². The number of methoxy groups -OCH3 is 1. The van der Waals surface area contributed by atoms with Crippen LogP contribution >= 0.6 is 0 Å². The Bertz CT molecular complexity index is 373. The van der Waals surface area contributed by atoms with Crippen molar-refractivity contribution in [1.82, 2.24) is 9.88 Å². The molecule has 0 aromatic carbocycles. The van der Waals surface area contributed by atoms with Gasteiger partial charge in [-0.05, 0) is 12.6 Å². The number of anilines is 1. The van der Waals surface area contributed by atoms with Crippen LogP contribution in [0.5, 0.6) is 5.88 Å². The molecular weight excluding hydrogens is 230 g/mol. The van der Waals surface area contributed by atoms with Gasteiger partial charge in [-0.3, -0.25) is 4.90 Å². The first kappa shape index (κ1) is 13.1. The highest BCUT2D eigenvalue weighted by atomic mass is 16.5. The summed E-state index contributed by atoms with van der Waals surface area (Å²) >= 11 is 0. The zero-order chi connectivity index (χ0) is 12.8. The Morgan fingerprint density at radius 1 is 1.61 bits per heavy atom. The SMILES string of the molecule is CCN1CCOC(CNc2ccnc(OC)c2)C1. The fourth-order valence-corrected chi connectivity index (χ4v) is 2.05. The molecule has 1 aromatic heterocycles. The van der Waals surface area contributed by atoms with Crippen molar-refractivity contribution < 1.29 is 9.47 Å². The Morgan fingerprint density at radius 3 is 3.28 bits per heavy atom. The van der Waals surface area contributed by atoms with Gasteiger partial charge < -0.3 is 14.8 Å². The first-order chi connectivity index (χ1) is 8.81. The number of hydrogen-bond acceptors (Lipinski definition) is 5. The summed E-state index contributed by atoms with van der Waals surface area (Å²) in [6, 6.07) is 3.82. The van der Waals surface area contributed by atoms with Gasteiger partial charge in [-0.15, -0.1) is 0 Å². The highest BCUT2D eigenvalue weighted by Crippen LogP contribution is 2.14. The van der Waals surface area contributed by atoms with E-state index in [0.29, 0.717) is 5.88 Å². The summed E-state index contributed by atoms with van der Waals surface area (Å²) in [6.07, 6.45) is 1.99. The molecule has 2 rings (SSSR count). The smallest absolute Gasteiger partial charge is 0.214 e. The lowest BCUT2D eigenvalue weighted by atomic mass is 10.2. The van der Waals surface area contributed by atoms with E-state index in [1.165, 1.54) is 0 Å². The third kappa shape index (κ3) is 3.58. The summed E-state index contributed by atoms with van der Waals surface area (Å²) in [5, 5.41) is 3.36. The lowest BCUT2D eigenvalue weighted by molar-refractivity contribution is -0.0191. The van der Waals surface area contributed by atoms with E-state index in [4.69, 9.17) is 9.47 Å². The Kier molecular flexibility index (Phi) is 4.78. The van der Waals surface area contributed by atoms with Crippen LogP contribution in [0.25, 0.3) is 0 Å².